The van der Waals surface area contributed by atoms with Crippen LogP contribution in [0.3, 0.4) is 0 Å². The number of likely N-dealkylation sites (N-methyl/N-ethyl adjacent to an activating group) is 1. The summed E-state index contributed by atoms with van der Waals surface area (Å²) < 4.78 is 0.846. The number of nitrogen functional groups attached to an aromatic ring is 1. The van der Waals surface area contributed by atoms with Crippen LogP contribution in [0.5, 0.6) is 0 Å². The molecule has 0 aromatic carbocycles. The van der Waals surface area contributed by atoms with Crippen LogP contribution in [-0.4, -0.2) is 77.9 Å². The Bertz CT molecular complexity index is 1010. The molecule has 1 aromatic rings. The lowest BCUT2D eigenvalue weighted by Crippen LogP contribution is -2.66. The number of likely N-dealkylation sites (tertiary alicyclic amines) is 1. The molecule has 9 nitrogen and oxygen atoms in total. The monoisotopic (exact) mass is 477 g/mol. The Balaban J connectivity index is 1.52. The number of thioether (sulfide) groups is 1. The molecule has 1 amide bonds. The summed E-state index contributed by atoms with van der Waals surface area (Å²) in [4.78, 5) is 31.6. The molecule has 32 heavy (non-hydrogen) atoms. The van der Waals surface area contributed by atoms with Gasteiger partial charge in [-0.3, -0.25) is 4.79 Å². The third kappa shape index (κ3) is 4.12. The third-order valence-corrected chi connectivity index (χ3v) is 8.30. The minimum atomic E-state index is -1.20. The summed E-state index contributed by atoms with van der Waals surface area (Å²) >= 11 is 2.91. The van der Waals surface area contributed by atoms with E-state index in [1.54, 1.807) is 28.1 Å². The Labute approximate surface area is 195 Å². The van der Waals surface area contributed by atoms with Crippen molar-refractivity contribution < 1.29 is 24.0 Å². The number of aliphatic carboxylic acids is 1. The maximum absolute atomic E-state index is 12.9. The molecule has 2 atom stereocenters. The van der Waals surface area contributed by atoms with Crippen molar-refractivity contribution in [2.45, 2.75) is 24.3 Å². The predicted molar refractivity (Wildman–Crippen MR) is 123 cm³/mol. The van der Waals surface area contributed by atoms with Crippen molar-refractivity contribution in [1.29, 1.82) is 0 Å². The van der Waals surface area contributed by atoms with Crippen LogP contribution in [0.15, 0.2) is 40.1 Å². The zero-order valence-electron chi connectivity index (χ0n) is 18.1. The topological polar surface area (TPSA) is 120 Å². The Morgan fingerprint density at radius 3 is 2.75 bits per heavy atom. The first-order chi connectivity index (χ1) is 15.2. The molecule has 4 heterocycles. The van der Waals surface area contributed by atoms with Gasteiger partial charge in [0.1, 0.15) is 19.0 Å². The second-order valence-corrected chi connectivity index (χ2v) is 10.6. The zero-order chi connectivity index (χ0) is 23.0. The lowest BCUT2D eigenvalue weighted by atomic mass is 9.99. The first-order valence-electron chi connectivity index (χ1n) is 10.4. The zero-order valence-corrected chi connectivity index (χ0v) is 19.8. The summed E-state index contributed by atoms with van der Waals surface area (Å²) in [7, 11) is 3.54. The van der Waals surface area contributed by atoms with Gasteiger partial charge in [0.25, 0.3) is 5.91 Å². The molecule has 3 aliphatic rings. The number of nitrogens with one attached hydrogen (secondary N) is 1. The van der Waals surface area contributed by atoms with E-state index in [1.165, 1.54) is 18.4 Å². The van der Waals surface area contributed by atoms with Crippen LogP contribution in [0.4, 0.5) is 5.00 Å². The summed E-state index contributed by atoms with van der Waals surface area (Å²) in [5.41, 5.74) is 8.05. The van der Waals surface area contributed by atoms with E-state index >= 15 is 0 Å². The normalized spacial score (nSPS) is 24.8. The van der Waals surface area contributed by atoms with E-state index in [1.807, 2.05) is 0 Å². The van der Waals surface area contributed by atoms with Crippen molar-refractivity contribution in [3.8, 4) is 0 Å². The van der Waals surface area contributed by atoms with Gasteiger partial charge in [0, 0.05) is 40.8 Å². The number of nitrogens with two attached hydrogens (primary N) is 1. The number of rotatable bonds is 7. The van der Waals surface area contributed by atoms with Crippen LogP contribution >= 0.6 is 23.1 Å². The Kier molecular flexibility index (Phi) is 6.24. The van der Waals surface area contributed by atoms with Crippen LogP contribution in [0, 0.1) is 0 Å². The quantitative estimate of drug-likeness (QED) is 0.329. The minimum Gasteiger partial charge on any atom is -0.543 e. The molecule has 2 fully saturated rings. The van der Waals surface area contributed by atoms with E-state index in [2.05, 4.69) is 24.1 Å². The van der Waals surface area contributed by atoms with Crippen molar-refractivity contribution in [3.05, 3.63) is 40.6 Å². The molecule has 0 bridgehead atoms. The number of carboxylic acids is 1. The van der Waals surface area contributed by atoms with Gasteiger partial charge in [-0.1, -0.05) is 11.7 Å². The molecule has 3 N–H and O–H groups in total. The van der Waals surface area contributed by atoms with Crippen LogP contribution in [0.1, 0.15) is 18.4 Å². The van der Waals surface area contributed by atoms with E-state index in [-0.39, 0.29) is 16.8 Å². The number of carbonyl (C=O) groups is 2. The van der Waals surface area contributed by atoms with Crippen LogP contribution in [-0.2, 0) is 14.4 Å². The second kappa shape index (κ2) is 8.80. The number of anilines is 1. The van der Waals surface area contributed by atoms with Gasteiger partial charge in [0.05, 0.1) is 42.8 Å². The average molecular weight is 478 g/mol. The molecule has 172 valence electrons. The summed E-state index contributed by atoms with van der Waals surface area (Å²) in [6.07, 6.45) is 2.32. The summed E-state index contributed by atoms with van der Waals surface area (Å²) in [6.45, 7) is 6.84. The van der Waals surface area contributed by atoms with Gasteiger partial charge in [0.2, 0.25) is 0 Å². The maximum Gasteiger partial charge on any atom is 0.274 e. The highest BCUT2D eigenvalue weighted by molar-refractivity contribution is 8.00. The number of hydrogen-bond acceptors (Lipinski definition) is 9. The predicted octanol–water partition coefficient (Wildman–Crippen LogP) is 0.312. The molecule has 1 aromatic heterocycles. The first kappa shape index (κ1) is 22.7. The van der Waals surface area contributed by atoms with Crippen molar-refractivity contribution in [3.63, 3.8) is 0 Å². The van der Waals surface area contributed by atoms with Crippen molar-refractivity contribution in [2.24, 2.45) is 5.16 Å². The molecule has 0 aliphatic carbocycles. The lowest BCUT2D eigenvalue weighted by molar-refractivity contribution is -0.893. The molecular formula is C21H27N5O4S2. The van der Waals surface area contributed by atoms with Gasteiger partial charge in [-0.05, 0) is 6.07 Å². The van der Waals surface area contributed by atoms with Gasteiger partial charge in [-0.25, -0.2) is 0 Å². The number of carbonyl (C=O) groups excluding carboxylic acids is 2. The van der Waals surface area contributed by atoms with Gasteiger partial charge in [-0.15, -0.1) is 23.1 Å². The Morgan fingerprint density at radius 2 is 2.16 bits per heavy atom. The second-order valence-electron chi connectivity index (χ2n) is 8.55. The van der Waals surface area contributed by atoms with Gasteiger partial charge in [-0.2, -0.15) is 0 Å². The summed E-state index contributed by atoms with van der Waals surface area (Å²) in [6, 6.07) is 1.24. The van der Waals surface area contributed by atoms with Crippen molar-refractivity contribution >= 4 is 45.7 Å². The highest BCUT2D eigenvalue weighted by atomic mass is 32.2. The van der Waals surface area contributed by atoms with Crippen molar-refractivity contribution in [2.75, 3.05) is 45.3 Å². The minimum absolute atomic E-state index is 0.107. The average Bonchev–Trinajstić information content (AvgIpc) is 3.37. The molecule has 0 radical (unpaired) electrons. The fraction of sp³-hybridized carbons (Fsp3) is 0.476. The third-order valence-electron chi connectivity index (χ3n) is 6.20. The molecule has 4 rings (SSSR count). The highest BCUT2D eigenvalue weighted by Gasteiger charge is 2.49. The van der Waals surface area contributed by atoms with Gasteiger partial charge in [0.15, 0.2) is 5.71 Å². The van der Waals surface area contributed by atoms with E-state index in [9.17, 15) is 14.7 Å². The Hall–Kier alpha value is -2.50. The number of nitrogens with zero attached hydrogens (tertiary/aromatic N) is 3. The molecule has 2 saturated heterocycles. The first-order valence-corrected chi connectivity index (χ1v) is 12.3. The lowest BCUT2D eigenvalue weighted by Gasteiger charge is -2.54. The van der Waals surface area contributed by atoms with Gasteiger partial charge < -0.3 is 35.2 Å². The number of hydrogen-bond donors (Lipinski definition) is 2. The SMILES string of the molecule is C=C1C(NC(=O)/C(=N\OC)c2csc(N)c2)C2SCC(C[N+]3(C)CCCC3)=C(C(=O)[O-])N12. The number of carboxylic acid groups (broad SMARTS) is 1. The molecular weight excluding hydrogens is 450 g/mol. The van der Waals surface area contributed by atoms with E-state index in [0.717, 1.165) is 36.0 Å². The number of quaternary nitrogens is 1. The largest absolute Gasteiger partial charge is 0.543 e. The standard InChI is InChI=1S/C21H27N5O4S2/c1-12-16(23-19(27)17(24-30-3)13-8-15(22)31-10-13)20-25(12)18(21(28)29)14(11-32-20)9-26(2)6-4-5-7-26/h8,10,16,20H,1,4-7,9,11,22H2,2-3H3,(H-,23,27,28,29)/b24-17-. The molecule has 3 aliphatic heterocycles. The van der Waals surface area contributed by atoms with Gasteiger partial charge >= 0.3 is 0 Å². The highest BCUT2D eigenvalue weighted by Crippen LogP contribution is 2.45. The number of fused-ring (bicyclic) bond motifs is 1. The number of thiophene rings is 1. The van der Waals surface area contributed by atoms with Crippen LogP contribution in [0.25, 0.3) is 0 Å². The fourth-order valence-electron chi connectivity index (χ4n) is 4.65. The summed E-state index contributed by atoms with van der Waals surface area (Å²) in [5.74, 6) is -1.05. The smallest absolute Gasteiger partial charge is 0.274 e. The van der Waals surface area contributed by atoms with E-state index < -0.39 is 17.9 Å². The molecule has 0 spiro atoms. The van der Waals surface area contributed by atoms with Crippen molar-refractivity contribution in [1.82, 2.24) is 10.2 Å². The molecule has 2 unspecified atom stereocenters. The molecule has 11 heteroatoms. The fourth-order valence-corrected chi connectivity index (χ4v) is 6.69. The number of amides is 1. The summed E-state index contributed by atoms with van der Waals surface area (Å²) in [5, 5.41) is 20.9. The maximum atomic E-state index is 12.9. The number of oxime groups is 1. The Morgan fingerprint density at radius 1 is 1.44 bits per heavy atom. The van der Waals surface area contributed by atoms with Crippen LogP contribution < -0.4 is 16.2 Å². The van der Waals surface area contributed by atoms with Crippen LogP contribution in [0.2, 0.25) is 0 Å². The van der Waals surface area contributed by atoms with E-state index in [0.29, 0.717) is 28.6 Å². The van der Waals surface area contributed by atoms with E-state index in [4.69, 9.17) is 10.6 Å². The molecule has 0 saturated carbocycles.